The Balaban J connectivity index is 1.82. The van der Waals surface area contributed by atoms with Gasteiger partial charge in [-0.2, -0.15) is 0 Å². The van der Waals surface area contributed by atoms with E-state index in [1.165, 1.54) is 4.90 Å². The molecule has 1 aromatic heterocycles. The molecule has 2 aromatic carbocycles. The number of ether oxygens (including phenoxy) is 4. The lowest BCUT2D eigenvalue weighted by molar-refractivity contribution is -0.132. The number of aromatic nitrogens is 1. The van der Waals surface area contributed by atoms with E-state index in [1.807, 2.05) is 20.8 Å². The van der Waals surface area contributed by atoms with Crippen LogP contribution in [0.4, 0.5) is 5.13 Å². The number of hydrogen-bond donors (Lipinski definition) is 1. The second-order valence-electron chi connectivity index (χ2n) is 12.0. The van der Waals surface area contributed by atoms with E-state index in [0.717, 1.165) is 43.4 Å². The van der Waals surface area contributed by atoms with Crippen LogP contribution in [0.3, 0.4) is 0 Å². The fourth-order valence-electron chi connectivity index (χ4n) is 5.14. The van der Waals surface area contributed by atoms with Gasteiger partial charge in [0.25, 0.3) is 5.78 Å². The Morgan fingerprint density at radius 2 is 1.65 bits per heavy atom. The van der Waals surface area contributed by atoms with E-state index in [4.69, 9.17) is 18.9 Å². The average molecular weight is 679 g/mol. The van der Waals surface area contributed by atoms with Gasteiger partial charge in [-0.15, -0.1) is 0 Å². The first-order chi connectivity index (χ1) is 23.1. The number of rotatable bonds is 17. The van der Waals surface area contributed by atoms with Crippen molar-refractivity contribution in [3.63, 3.8) is 0 Å². The predicted octanol–water partition coefficient (Wildman–Crippen LogP) is 8.04. The van der Waals surface area contributed by atoms with Gasteiger partial charge in [0.2, 0.25) is 0 Å². The summed E-state index contributed by atoms with van der Waals surface area (Å²) in [7, 11) is 0. The molecule has 1 atom stereocenters. The maximum Gasteiger partial charge on any atom is 0.350 e. The maximum atomic E-state index is 13.8. The van der Waals surface area contributed by atoms with Crippen LogP contribution < -0.4 is 19.1 Å². The van der Waals surface area contributed by atoms with Crippen LogP contribution in [0.15, 0.2) is 48.0 Å². The molecule has 1 N–H and O–H groups in total. The van der Waals surface area contributed by atoms with Crippen molar-refractivity contribution in [2.75, 3.05) is 31.3 Å². The van der Waals surface area contributed by atoms with E-state index in [2.05, 4.69) is 18.8 Å². The minimum atomic E-state index is -1.08. The molecule has 0 spiro atoms. The molecule has 1 fully saturated rings. The largest absolute Gasteiger partial charge is 0.507 e. The number of esters is 1. The standard InChI is InChI=1S/C37H46N2O8S/c1-7-10-12-20-46-28-18-15-26(21-29(28)44-9-3)31-30(32(40)25-13-16-27(17-14-25)45-19-11-8-2)33(41)35(42)39(31)37-38-24(6)34(48-37)36(43)47-22-23(4)5/h13-18,21,23,31,40H,7-12,19-20,22H2,1-6H3/b32-30-. The highest BCUT2D eigenvalue weighted by Gasteiger charge is 2.48. The van der Waals surface area contributed by atoms with Crippen LogP contribution in [0.25, 0.3) is 5.76 Å². The molecule has 1 saturated heterocycles. The van der Waals surface area contributed by atoms with E-state index in [-0.39, 0.29) is 33.9 Å². The summed E-state index contributed by atoms with van der Waals surface area (Å²) in [5.74, 6) is -0.916. The Labute approximate surface area is 286 Å². The fraction of sp³-hybridized carbons (Fsp3) is 0.459. The van der Waals surface area contributed by atoms with E-state index in [0.29, 0.717) is 53.9 Å². The fourth-order valence-corrected chi connectivity index (χ4v) is 6.13. The highest BCUT2D eigenvalue weighted by atomic mass is 32.1. The third-order valence-corrected chi connectivity index (χ3v) is 8.79. The minimum Gasteiger partial charge on any atom is -0.507 e. The quantitative estimate of drug-likeness (QED) is 0.0497. The number of Topliss-reactive ketones (excluding diaryl/α,β-unsaturated/α-hetero) is 1. The van der Waals surface area contributed by atoms with Crippen LogP contribution in [0, 0.1) is 12.8 Å². The average Bonchev–Trinajstić information content (AvgIpc) is 3.58. The lowest BCUT2D eigenvalue weighted by atomic mass is 9.95. The zero-order valence-corrected chi connectivity index (χ0v) is 29.5. The second-order valence-corrected chi connectivity index (χ2v) is 13.0. The lowest BCUT2D eigenvalue weighted by Crippen LogP contribution is -2.29. The first kappa shape index (κ1) is 36.5. The number of thiazole rings is 1. The monoisotopic (exact) mass is 678 g/mol. The number of benzene rings is 2. The molecule has 2 heterocycles. The molecule has 0 bridgehead atoms. The SMILES string of the molecule is CCCCCOc1ccc(C2/C(=C(/O)c3ccc(OCCCC)cc3)C(=O)C(=O)N2c2nc(C)c(C(=O)OCC(C)C)s2)cc1OCC. The van der Waals surface area contributed by atoms with E-state index >= 15 is 0 Å². The van der Waals surface area contributed by atoms with Crippen molar-refractivity contribution in [3.05, 3.63) is 69.7 Å². The number of aliphatic hydroxyl groups excluding tert-OH is 1. The molecule has 1 aliphatic rings. The number of nitrogens with zero attached hydrogens (tertiary/aromatic N) is 2. The number of hydrogen-bond acceptors (Lipinski definition) is 10. The Bertz CT molecular complexity index is 1610. The molecule has 0 saturated carbocycles. The molecule has 11 heteroatoms. The van der Waals surface area contributed by atoms with Gasteiger partial charge in [0.1, 0.15) is 16.4 Å². The summed E-state index contributed by atoms with van der Waals surface area (Å²) in [6.07, 6.45) is 4.88. The minimum absolute atomic E-state index is 0.115. The van der Waals surface area contributed by atoms with Gasteiger partial charge in [-0.25, -0.2) is 9.78 Å². The molecule has 258 valence electrons. The van der Waals surface area contributed by atoms with Crippen LogP contribution in [-0.2, 0) is 14.3 Å². The zero-order chi connectivity index (χ0) is 34.8. The van der Waals surface area contributed by atoms with Crippen LogP contribution in [0.1, 0.15) is 99.3 Å². The number of anilines is 1. The molecule has 4 rings (SSSR count). The van der Waals surface area contributed by atoms with Gasteiger partial charge in [-0.3, -0.25) is 14.5 Å². The van der Waals surface area contributed by atoms with E-state index in [9.17, 15) is 19.5 Å². The summed E-state index contributed by atoms with van der Waals surface area (Å²) in [6.45, 7) is 13.2. The molecule has 48 heavy (non-hydrogen) atoms. The van der Waals surface area contributed by atoms with Crippen LogP contribution in [-0.4, -0.2) is 54.2 Å². The number of amides is 1. The summed E-state index contributed by atoms with van der Waals surface area (Å²) in [6, 6.07) is 10.9. The molecular formula is C37H46N2O8S. The van der Waals surface area contributed by atoms with Gasteiger partial charge in [0.05, 0.1) is 43.7 Å². The first-order valence-electron chi connectivity index (χ1n) is 16.7. The topological polar surface area (TPSA) is 124 Å². The van der Waals surface area contributed by atoms with Crippen LogP contribution >= 0.6 is 11.3 Å². The molecule has 10 nitrogen and oxygen atoms in total. The molecule has 1 amide bonds. The third kappa shape index (κ3) is 8.55. The van der Waals surface area contributed by atoms with Gasteiger partial charge in [-0.1, -0.05) is 64.4 Å². The molecule has 0 radical (unpaired) electrons. The summed E-state index contributed by atoms with van der Waals surface area (Å²) in [4.78, 5) is 46.6. The zero-order valence-electron chi connectivity index (χ0n) is 28.7. The van der Waals surface area contributed by atoms with Gasteiger partial charge < -0.3 is 24.1 Å². The van der Waals surface area contributed by atoms with Crippen molar-refractivity contribution in [1.29, 1.82) is 0 Å². The Hall–Kier alpha value is -4.38. The third-order valence-electron chi connectivity index (χ3n) is 7.65. The molecule has 0 aliphatic carbocycles. The number of aliphatic hydroxyl groups is 1. The van der Waals surface area contributed by atoms with E-state index in [1.54, 1.807) is 49.4 Å². The number of ketones is 1. The number of aryl methyl sites for hydroxylation is 1. The Kier molecular flexibility index (Phi) is 13.0. The van der Waals surface area contributed by atoms with Gasteiger partial charge in [0.15, 0.2) is 16.6 Å². The highest BCUT2D eigenvalue weighted by Crippen LogP contribution is 2.45. The second kappa shape index (κ2) is 17.1. The van der Waals surface area contributed by atoms with Crippen molar-refractivity contribution in [1.82, 2.24) is 4.98 Å². The van der Waals surface area contributed by atoms with Gasteiger partial charge in [0, 0.05) is 5.56 Å². The van der Waals surface area contributed by atoms with Crippen LogP contribution in [0.2, 0.25) is 0 Å². The van der Waals surface area contributed by atoms with Crippen molar-refractivity contribution in [2.24, 2.45) is 5.92 Å². The Morgan fingerprint density at radius 1 is 0.938 bits per heavy atom. The van der Waals surface area contributed by atoms with Crippen molar-refractivity contribution in [3.8, 4) is 17.2 Å². The first-order valence-corrected chi connectivity index (χ1v) is 17.5. The van der Waals surface area contributed by atoms with E-state index < -0.39 is 23.7 Å². The molecular weight excluding hydrogens is 632 g/mol. The van der Waals surface area contributed by atoms with Gasteiger partial charge >= 0.3 is 11.9 Å². The van der Waals surface area contributed by atoms with Crippen molar-refractivity contribution >= 4 is 39.9 Å². The molecule has 1 unspecified atom stereocenters. The summed E-state index contributed by atoms with van der Waals surface area (Å²) in [5.41, 5.74) is 1.09. The summed E-state index contributed by atoms with van der Waals surface area (Å²) < 4.78 is 23.2. The maximum absolute atomic E-state index is 13.8. The summed E-state index contributed by atoms with van der Waals surface area (Å²) in [5, 5.41) is 11.8. The normalized spacial score (nSPS) is 15.6. The van der Waals surface area contributed by atoms with Crippen LogP contribution in [0.5, 0.6) is 17.2 Å². The molecule has 1 aliphatic heterocycles. The Morgan fingerprint density at radius 3 is 2.31 bits per heavy atom. The molecule has 3 aromatic rings. The lowest BCUT2D eigenvalue weighted by Gasteiger charge is -2.24. The van der Waals surface area contributed by atoms with Crippen molar-refractivity contribution < 1.29 is 38.4 Å². The highest BCUT2D eigenvalue weighted by molar-refractivity contribution is 7.17. The van der Waals surface area contributed by atoms with Crippen molar-refractivity contribution in [2.45, 2.75) is 79.7 Å². The number of carbonyl (C=O) groups is 3. The van der Waals surface area contributed by atoms with Gasteiger partial charge in [-0.05, 0) is 74.6 Å². The predicted molar refractivity (Wildman–Crippen MR) is 186 cm³/mol. The number of unbranched alkanes of at least 4 members (excludes halogenated alkanes) is 3. The number of carbonyl (C=O) groups excluding carboxylic acids is 3. The summed E-state index contributed by atoms with van der Waals surface area (Å²) >= 11 is 0.965. The smallest absolute Gasteiger partial charge is 0.350 e.